The summed E-state index contributed by atoms with van der Waals surface area (Å²) < 4.78 is 0. The molecule has 1 aliphatic carbocycles. The van der Waals surface area contributed by atoms with Crippen LogP contribution in [-0.4, -0.2) is 5.24 Å². The number of hydrogen-bond acceptors (Lipinski definition) is 1. The predicted octanol–water partition coefficient (Wildman–Crippen LogP) is 3.60. The molecule has 0 aromatic heterocycles. The van der Waals surface area contributed by atoms with Crippen molar-refractivity contribution in [1.29, 1.82) is 0 Å². The molecule has 0 heterocycles. The average molecular weight is 203 g/mol. The molecule has 1 rings (SSSR count). The van der Waals surface area contributed by atoms with Crippen molar-refractivity contribution in [3.63, 3.8) is 0 Å². The van der Waals surface area contributed by atoms with E-state index in [0.29, 0.717) is 11.8 Å². The van der Waals surface area contributed by atoms with E-state index >= 15 is 0 Å². The first-order valence-electron chi connectivity index (χ1n) is 5.32. The largest absolute Gasteiger partial charge is 0.281 e. The van der Waals surface area contributed by atoms with Crippen molar-refractivity contribution in [3.8, 4) is 0 Å². The molecule has 2 atom stereocenters. The van der Waals surface area contributed by atoms with Gasteiger partial charge in [0.15, 0.2) is 0 Å². The smallest absolute Gasteiger partial charge is 0.225 e. The SMILES string of the molecule is CC(C)C1CCCCCC1C(=O)Cl. The van der Waals surface area contributed by atoms with Gasteiger partial charge in [0.2, 0.25) is 5.24 Å². The molecule has 0 N–H and O–H groups in total. The van der Waals surface area contributed by atoms with Gasteiger partial charge in [0, 0.05) is 5.92 Å². The molecule has 2 unspecified atom stereocenters. The number of rotatable bonds is 2. The van der Waals surface area contributed by atoms with Crippen LogP contribution in [0.25, 0.3) is 0 Å². The summed E-state index contributed by atoms with van der Waals surface area (Å²) in [6.07, 6.45) is 5.89. The minimum absolute atomic E-state index is 0.111. The number of hydrogen-bond donors (Lipinski definition) is 0. The maximum atomic E-state index is 11.2. The highest BCUT2D eigenvalue weighted by Gasteiger charge is 2.30. The molecule has 0 spiro atoms. The molecule has 2 heteroatoms. The lowest BCUT2D eigenvalue weighted by atomic mass is 9.81. The van der Waals surface area contributed by atoms with E-state index in [1.54, 1.807) is 0 Å². The summed E-state index contributed by atoms with van der Waals surface area (Å²) >= 11 is 5.63. The topological polar surface area (TPSA) is 17.1 Å². The highest BCUT2D eigenvalue weighted by molar-refractivity contribution is 6.64. The van der Waals surface area contributed by atoms with Gasteiger partial charge in [-0.15, -0.1) is 0 Å². The van der Waals surface area contributed by atoms with Gasteiger partial charge in [-0.05, 0) is 36.3 Å². The summed E-state index contributed by atoms with van der Waals surface area (Å²) in [5.41, 5.74) is 0. The summed E-state index contributed by atoms with van der Waals surface area (Å²) in [5, 5.41) is -0.111. The quantitative estimate of drug-likeness (QED) is 0.494. The monoisotopic (exact) mass is 202 g/mol. The maximum absolute atomic E-state index is 11.2. The highest BCUT2D eigenvalue weighted by atomic mass is 35.5. The Balaban J connectivity index is 2.66. The standard InChI is InChI=1S/C11H19ClO/c1-8(2)9-6-4-3-5-7-10(9)11(12)13/h8-10H,3-7H2,1-2H3. The third-order valence-electron chi connectivity index (χ3n) is 3.22. The highest BCUT2D eigenvalue weighted by Crippen LogP contribution is 2.35. The van der Waals surface area contributed by atoms with Gasteiger partial charge < -0.3 is 0 Å². The zero-order valence-corrected chi connectivity index (χ0v) is 9.31. The summed E-state index contributed by atoms with van der Waals surface area (Å²) in [4.78, 5) is 11.2. The van der Waals surface area contributed by atoms with Crippen molar-refractivity contribution in [3.05, 3.63) is 0 Å². The molecule has 76 valence electrons. The Hall–Kier alpha value is -0.0400. The lowest BCUT2D eigenvalue weighted by molar-refractivity contribution is -0.117. The predicted molar refractivity (Wildman–Crippen MR) is 55.8 cm³/mol. The Kier molecular flexibility index (Phi) is 4.24. The summed E-state index contributed by atoms with van der Waals surface area (Å²) in [6.45, 7) is 4.39. The Labute approximate surface area is 85.8 Å². The van der Waals surface area contributed by atoms with Crippen molar-refractivity contribution in [2.24, 2.45) is 17.8 Å². The Morgan fingerprint density at radius 3 is 2.38 bits per heavy atom. The minimum atomic E-state index is -0.111. The van der Waals surface area contributed by atoms with Crippen LogP contribution >= 0.6 is 11.6 Å². The fourth-order valence-electron chi connectivity index (χ4n) is 2.42. The van der Waals surface area contributed by atoms with Crippen LogP contribution in [0.5, 0.6) is 0 Å². The normalized spacial score (nSPS) is 30.2. The average Bonchev–Trinajstić information content (AvgIpc) is 2.27. The van der Waals surface area contributed by atoms with E-state index in [1.807, 2.05) is 0 Å². The van der Waals surface area contributed by atoms with E-state index < -0.39 is 0 Å². The second kappa shape index (κ2) is 4.99. The molecule has 0 aromatic rings. The molecular formula is C11H19ClO. The third-order valence-corrected chi connectivity index (χ3v) is 3.50. The summed E-state index contributed by atoms with van der Waals surface area (Å²) in [7, 11) is 0. The zero-order chi connectivity index (χ0) is 9.84. The number of halogens is 1. The van der Waals surface area contributed by atoms with Crippen molar-refractivity contribution >= 4 is 16.8 Å². The molecular weight excluding hydrogens is 184 g/mol. The molecule has 0 saturated heterocycles. The van der Waals surface area contributed by atoms with Gasteiger partial charge in [0.1, 0.15) is 0 Å². The van der Waals surface area contributed by atoms with Gasteiger partial charge in [0.25, 0.3) is 0 Å². The molecule has 1 nitrogen and oxygen atoms in total. The van der Waals surface area contributed by atoms with E-state index in [-0.39, 0.29) is 11.2 Å². The fraction of sp³-hybridized carbons (Fsp3) is 0.909. The van der Waals surface area contributed by atoms with E-state index in [4.69, 9.17) is 11.6 Å². The first-order chi connectivity index (χ1) is 6.13. The summed E-state index contributed by atoms with van der Waals surface area (Å²) in [5.74, 6) is 1.24. The molecule has 1 saturated carbocycles. The zero-order valence-electron chi connectivity index (χ0n) is 8.55. The Morgan fingerprint density at radius 1 is 1.23 bits per heavy atom. The van der Waals surface area contributed by atoms with Crippen molar-refractivity contribution in [2.75, 3.05) is 0 Å². The van der Waals surface area contributed by atoms with Crippen LogP contribution in [0.3, 0.4) is 0 Å². The van der Waals surface area contributed by atoms with E-state index in [1.165, 1.54) is 25.7 Å². The van der Waals surface area contributed by atoms with Crippen LogP contribution < -0.4 is 0 Å². The maximum Gasteiger partial charge on any atom is 0.225 e. The van der Waals surface area contributed by atoms with Crippen LogP contribution in [-0.2, 0) is 4.79 Å². The molecule has 0 aliphatic heterocycles. The first kappa shape index (κ1) is 11.0. The van der Waals surface area contributed by atoms with Gasteiger partial charge in [-0.1, -0.05) is 33.1 Å². The lowest BCUT2D eigenvalue weighted by Crippen LogP contribution is -2.23. The fourth-order valence-corrected chi connectivity index (χ4v) is 2.69. The number of carbonyl (C=O) groups is 1. The van der Waals surface area contributed by atoms with Crippen LogP contribution in [0, 0.1) is 17.8 Å². The van der Waals surface area contributed by atoms with Gasteiger partial charge in [-0.25, -0.2) is 0 Å². The van der Waals surface area contributed by atoms with Gasteiger partial charge in [0.05, 0.1) is 0 Å². The number of carbonyl (C=O) groups excluding carboxylic acids is 1. The molecule has 1 aliphatic rings. The van der Waals surface area contributed by atoms with Crippen LogP contribution in [0.15, 0.2) is 0 Å². The molecule has 0 amide bonds. The lowest BCUT2D eigenvalue weighted by Gasteiger charge is -2.25. The Bertz CT molecular complexity index is 177. The van der Waals surface area contributed by atoms with Gasteiger partial charge in [-0.3, -0.25) is 4.79 Å². The van der Waals surface area contributed by atoms with Crippen LogP contribution in [0.4, 0.5) is 0 Å². The summed E-state index contributed by atoms with van der Waals surface area (Å²) in [6, 6.07) is 0. The second-order valence-electron chi connectivity index (χ2n) is 4.46. The second-order valence-corrected chi connectivity index (χ2v) is 4.83. The third kappa shape index (κ3) is 2.98. The molecule has 1 fully saturated rings. The minimum Gasteiger partial charge on any atom is -0.281 e. The van der Waals surface area contributed by atoms with Crippen LogP contribution in [0.1, 0.15) is 46.0 Å². The van der Waals surface area contributed by atoms with Gasteiger partial charge in [-0.2, -0.15) is 0 Å². The van der Waals surface area contributed by atoms with Crippen molar-refractivity contribution in [2.45, 2.75) is 46.0 Å². The Morgan fingerprint density at radius 2 is 1.85 bits per heavy atom. The molecule has 13 heavy (non-hydrogen) atoms. The van der Waals surface area contributed by atoms with E-state index in [2.05, 4.69) is 13.8 Å². The van der Waals surface area contributed by atoms with E-state index in [0.717, 1.165) is 6.42 Å². The van der Waals surface area contributed by atoms with Crippen LogP contribution in [0.2, 0.25) is 0 Å². The first-order valence-corrected chi connectivity index (χ1v) is 5.70. The van der Waals surface area contributed by atoms with Crippen molar-refractivity contribution < 1.29 is 4.79 Å². The van der Waals surface area contributed by atoms with Crippen molar-refractivity contribution in [1.82, 2.24) is 0 Å². The molecule has 0 aromatic carbocycles. The molecule has 0 bridgehead atoms. The van der Waals surface area contributed by atoms with E-state index in [9.17, 15) is 4.79 Å². The van der Waals surface area contributed by atoms with Gasteiger partial charge >= 0.3 is 0 Å². The molecule has 0 radical (unpaired) electrons.